The Morgan fingerprint density at radius 1 is 1.24 bits per heavy atom. The predicted molar refractivity (Wildman–Crippen MR) is 125 cm³/mol. The molecule has 3 aromatic rings. The van der Waals surface area contributed by atoms with Crippen LogP contribution in [0.3, 0.4) is 0 Å². The van der Waals surface area contributed by atoms with Gasteiger partial charge in [-0.25, -0.2) is 14.4 Å². The summed E-state index contributed by atoms with van der Waals surface area (Å²) in [5.41, 5.74) is 0.843. The third-order valence-electron chi connectivity index (χ3n) is 5.63. The first kappa shape index (κ1) is 23.0. The summed E-state index contributed by atoms with van der Waals surface area (Å²) in [6, 6.07) is 7.64. The first-order chi connectivity index (χ1) is 15.8. The highest BCUT2D eigenvalue weighted by atomic mass is 35.5. The topological polar surface area (TPSA) is 79.8 Å². The number of hydrogen-bond acceptors (Lipinski definition) is 7. The lowest BCUT2D eigenvalue weighted by Crippen LogP contribution is -2.40. The monoisotopic (exact) mass is 473 g/mol. The molecule has 0 saturated carbocycles. The SMILES string of the molecule is COc1cc2ncnc(Nc3ccc(Cl)cc3F)c2cc1O[C@H]1C[C@H](C(=O)N(C)C)N(C)C1. The van der Waals surface area contributed by atoms with E-state index >= 15 is 0 Å². The van der Waals surface area contributed by atoms with Gasteiger partial charge in [0, 0.05) is 43.5 Å². The second-order valence-corrected chi connectivity index (χ2v) is 8.59. The first-order valence-corrected chi connectivity index (χ1v) is 10.8. The molecule has 1 aliphatic heterocycles. The summed E-state index contributed by atoms with van der Waals surface area (Å²) >= 11 is 5.86. The van der Waals surface area contributed by atoms with Crippen LogP contribution in [0.15, 0.2) is 36.7 Å². The fraction of sp³-hybridized carbons (Fsp3) is 0.348. The molecule has 0 radical (unpaired) electrons. The largest absolute Gasteiger partial charge is 0.493 e. The van der Waals surface area contributed by atoms with Crippen LogP contribution < -0.4 is 14.8 Å². The molecule has 1 aromatic heterocycles. The maximum atomic E-state index is 14.3. The van der Waals surface area contributed by atoms with Crippen LogP contribution in [0.2, 0.25) is 5.02 Å². The van der Waals surface area contributed by atoms with Crippen LogP contribution in [-0.2, 0) is 4.79 Å². The smallest absolute Gasteiger partial charge is 0.239 e. The van der Waals surface area contributed by atoms with Gasteiger partial charge in [0.25, 0.3) is 0 Å². The fourth-order valence-electron chi connectivity index (χ4n) is 3.94. The molecule has 2 heterocycles. The quantitative estimate of drug-likeness (QED) is 0.584. The number of fused-ring (bicyclic) bond motifs is 1. The average Bonchev–Trinajstić information content (AvgIpc) is 3.14. The molecule has 1 amide bonds. The summed E-state index contributed by atoms with van der Waals surface area (Å²) in [7, 11) is 6.95. The lowest BCUT2D eigenvalue weighted by Gasteiger charge is -2.21. The van der Waals surface area contributed by atoms with Crippen LogP contribution in [0, 0.1) is 5.82 Å². The Labute approximate surface area is 196 Å². The summed E-state index contributed by atoms with van der Waals surface area (Å²) < 4.78 is 26.1. The molecule has 33 heavy (non-hydrogen) atoms. The standard InChI is InChI=1S/C23H25ClFN5O3/c1-29(2)23(31)19-8-14(11-30(19)3)33-21-9-15-18(10-20(21)32-4)26-12-27-22(15)28-17-6-5-13(24)7-16(17)25/h5-7,9-10,12,14,19H,8,11H2,1-4H3,(H,26,27,28)/t14-,19+/m0/s1. The Balaban J connectivity index is 1.65. The van der Waals surface area contributed by atoms with E-state index in [4.69, 9.17) is 21.1 Å². The van der Waals surface area contributed by atoms with Crippen LogP contribution in [0.4, 0.5) is 15.9 Å². The maximum Gasteiger partial charge on any atom is 0.239 e. The number of nitrogens with zero attached hydrogens (tertiary/aromatic N) is 4. The van der Waals surface area contributed by atoms with Gasteiger partial charge in [0.05, 0.1) is 24.4 Å². The molecule has 0 bridgehead atoms. The second-order valence-electron chi connectivity index (χ2n) is 8.16. The van der Waals surface area contributed by atoms with Crippen molar-refractivity contribution in [2.75, 3.05) is 40.1 Å². The van der Waals surface area contributed by atoms with Gasteiger partial charge in [0.1, 0.15) is 24.1 Å². The molecule has 2 aromatic carbocycles. The van der Waals surface area contributed by atoms with Crippen LogP contribution >= 0.6 is 11.6 Å². The third-order valence-corrected chi connectivity index (χ3v) is 5.87. The number of carbonyl (C=O) groups is 1. The van der Waals surface area contributed by atoms with Gasteiger partial charge < -0.3 is 19.7 Å². The number of likely N-dealkylation sites (tertiary alicyclic amines) is 1. The number of halogens is 2. The summed E-state index contributed by atoms with van der Waals surface area (Å²) in [6.45, 7) is 0.595. The van der Waals surface area contributed by atoms with Gasteiger partial charge in [-0.2, -0.15) is 0 Å². The number of hydrogen-bond donors (Lipinski definition) is 1. The fourth-order valence-corrected chi connectivity index (χ4v) is 4.10. The minimum atomic E-state index is -0.496. The molecule has 0 unspecified atom stereocenters. The number of nitrogens with one attached hydrogen (secondary N) is 1. The van der Waals surface area contributed by atoms with Gasteiger partial charge >= 0.3 is 0 Å². The van der Waals surface area contributed by atoms with Crippen LogP contribution in [0.25, 0.3) is 10.9 Å². The summed E-state index contributed by atoms with van der Waals surface area (Å²) in [4.78, 5) is 24.6. The third kappa shape index (κ3) is 4.79. The molecule has 1 N–H and O–H groups in total. The molecule has 2 atom stereocenters. The lowest BCUT2D eigenvalue weighted by atomic mass is 10.1. The number of amides is 1. The number of benzene rings is 2. The van der Waals surface area contributed by atoms with E-state index in [9.17, 15) is 9.18 Å². The molecule has 10 heteroatoms. The zero-order chi connectivity index (χ0) is 23.7. The summed E-state index contributed by atoms with van der Waals surface area (Å²) in [6.07, 6.45) is 1.74. The first-order valence-electron chi connectivity index (χ1n) is 10.4. The van der Waals surface area contributed by atoms with Crippen molar-refractivity contribution in [3.63, 3.8) is 0 Å². The molecule has 1 fully saturated rings. The number of anilines is 2. The van der Waals surface area contributed by atoms with E-state index < -0.39 is 5.82 Å². The molecule has 1 saturated heterocycles. The van der Waals surface area contributed by atoms with E-state index in [2.05, 4.69) is 15.3 Å². The van der Waals surface area contributed by atoms with E-state index in [1.54, 1.807) is 50.4 Å². The van der Waals surface area contributed by atoms with Crippen molar-refractivity contribution in [1.82, 2.24) is 19.8 Å². The molecule has 1 aliphatic rings. The minimum Gasteiger partial charge on any atom is -0.493 e. The Morgan fingerprint density at radius 2 is 2.03 bits per heavy atom. The molecule has 0 spiro atoms. The minimum absolute atomic E-state index is 0.0407. The van der Waals surface area contributed by atoms with Crippen molar-refractivity contribution >= 4 is 39.9 Å². The van der Waals surface area contributed by atoms with E-state index in [0.717, 1.165) is 0 Å². The van der Waals surface area contributed by atoms with Crippen molar-refractivity contribution in [2.45, 2.75) is 18.6 Å². The van der Waals surface area contributed by atoms with Gasteiger partial charge in [-0.3, -0.25) is 9.69 Å². The molecule has 0 aliphatic carbocycles. The van der Waals surface area contributed by atoms with Crippen molar-refractivity contribution in [3.05, 3.63) is 47.5 Å². The highest BCUT2D eigenvalue weighted by molar-refractivity contribution is 6.30. The van der Waals surface area contributed by atoms with Crippen molar-refractivity contribution in [3.8, 4) is 11.5 Å². The van der Waals surface area contributed by atoms with E-state index in [1.165, 1.54) is 12.4 Å². The Bertz CT molecular complexity index is 1190. The number of methoxy groups -OCH3 is 1. The molecular weight excluding hydrogens is 449 g/mol. The van der Waals surface area contributed by atoms with Gasteiger partial charge in [0.2, 0.25) is 5.91 Å². The zero-order valence-corrected chi connectivity index (χ0v) is 19.6. The van der Waals surface area contributed by atoms with Crippen molar-refractivity contribution in [2.24, 2.45) is 0 Å². The Morgan fingerprint density at radius 3 is 2.73 bits per heavy atom. The summed E-state index contributed by atoms with van der Waals surface area (Å²) in [5, 5.41) is 3.94. The number of ether oxygens (including phenoxy) is 2. The Kier molecular flexibility index (Phi) is 6.53. The number of rotatable bonds is 6. The average molecular weight is 474 g/mol. The molecular formula is C23H25ClFN5O3. The number of carbonyl (C=O) groups excluding carboxylic acids is 1. The van der Waals surface area contributed by atoms with E-state index in [0.29, 0.717) is 46.2 Å². The molecule has 8 nitrogen and oxygen atoms in total. The van der Waals surface area contributed by atoms with Crippen LogP contribution in [0.1, 0.15) is 6.42 Å². The zero-order valence-electron chi connectivity index (χ0n) is 18.8. The molecule has 174 valence electrons. The number of aromatic nitrogens is 2. The van der Waals surface area contributed by atoms with Gasteiger partial charge in [-0.05, 0) is 31.3 Å². The second kappa shape index (κ2) is 9.36. The van der Waals surface area contributed by atoms with Gasteiger partial charge in [-0.15, -0.1) is 0 Å². The summed E-state index contributed by atoms with van der Waals surface area (Å²) in [5.74, 6) is 0.965. The van der Waals surface area contributed by atoms with E-state index in [1.807, 2.05) is 11.9 Å². The molecule has 4 rings (SSSR count). The highest BCUT2D eigenvalue weighted by Crippen LogP contribution is 2.37. The van der Waals surface area contributed by atoms with E-state index in [-0.39, 0.29) is 23.7 Å². The van der Waals surface area contributed by atoms with Gasteiger partial charge in [-0.1, -0.05) is 11.6 Å². The number of likely N-dealkylation sites (N-methyl/N-ethyl adjacent to an activating group) is 2. The normalized spacial score (nSPS) is 18.4. The lowest BCUT2D eigenvalue weighted by molar-refractivity contribution is -0.133. The van der Waals surface area contributed by atoms with Crippen molar-refractivity contribution < 1.29 is 18.7 Å². The maximum absolute atomic E-state index is 14.3. The Hall–Kier alpha value is -3.17. The highest BCUT2D eigenvalue weighted by Gasteiger charge is 2.36. The predicted octanol–water partition coefficient (Wildman–Crippen LogP) is 3.71. The van der Waals surface area contributed by atoms with Gasteiger partial charge in [0.15, 0.2) is 11.5 Å². The van der Waals surface area contributed by atoms with Crippen LogP contribution in [-0.4, -0.2) is 72.6 Å². The van der Waals surface area contributed by atoms with Crippen LogP contribution in [0.5, 0.6) is 11.5 Å². The van der Waals surface area contributed by atoms with Crippen molar-refractivity contribution in [1.29, 1.82) is 0 Å².